The molecule has 0 saturated carbocycles. The van der Waals surface area contributed by atoms with Crippen LogP contribution in [0.15, 0.2) is 24.3 Å². The maximum absolute atomic E-state index is 5.78. The molecule has 37 heavy (non-hydrogen) atoms. The third kappa shape index (κ3) is 15.1. The Morgan fingerprint density at radius 3 is 1.43 bits per heavy atom. The van der Waals surface area contributed by atoms with Crippen molar-refractivity contribution in [1.82, 2.24) is 25.8 Å². The lowest BCUT2D eigenvalue weighted by Crippen LogP contribution is -2.36. The van der Waals surface area contributed by atoms with Gasteiger partial charge in [-0.25, -0.2) is 0 Å². The Bertz CT molecular complexity index is 636. The summed E-state index contributed by atoms with van der Waals surface area (Å²) in [6.07, 6.45) is 2.36. The molecule has 9 heteroatoms. The molecule has 0 atom stereocenters. The fraction of sp³-hybridized carbons (Fsp3) is 0.786. The van der Waals surface area contributed by atoms with Crippen LogP contribution in [0.3, 0.4) is 0 Å². The SMILES string of the molecule is c1cc(CN2CCOCCOCCOCCOCC2)ccc1CN1CCCNCCNCCCNCC1. The number of rotatable bonds is 4. The zero-order valence-electron chi connectivity index (χ0n) is 22.9. The van der Waals surface area contributed by atoms with Crippen LogP contribution in [-0.2, 0) is 32.0 Å². The van der Waals surface area contributed by atoms with Crippen molar-refractivity contribution in [3.63, 3.8) is 0 Å². The normalized spacial score (nSPS) is 22.9. The lowest BCUT2D eigenvalue weighted by molar-refractivity contribution is 0.00206. The van der Waals surface area contributed by atoms with E-state index in [1.165, 1.54) is 24.0 Å². The Kier molecular flexibility index (Phi) is 17.1. The molecule has 2 aliphatic rings. The van der Waals surface area contributed by atoms with E-state index < -0.39 is 0 Å². The molecule has 1 aromatic carbocycles. The van der Waals surface area contributed by atoms with Gasteiger partial charge in [-0.15, -0.1) is 0 Å². The van der Waals surface area contributed by atoms with Crippen molar-refractivity contribution >= 4 is 0 Å². The second-order valence-electron chi connectivity index (χ2n) is 9.78. The minimum absolute atomic E-state index is 0.606. The lowest BCUT2D eigenvalue weighted by Gasteiger charge is -2.24. The molecule has 1 aromatic rings. The zero-order valence-corrected chi connectivity index (χ0v) is 22.9. The third-order valence-corrected chi connectivity index (χ3v) is 6.67. The van der Waals surface area contributed by atoms with E-state index >= 15 is 0 Å². The van der Waals surface area contributed by atoms with E-state index in [-0.39, 0.29) is 0 Å². The fourth-order valence-electron chi connectivity index (χ4n) is 4.51. The molecule has 0 radical (unpaired) electrons. The van der Waals surface area contributed by atoms with Crippen molar-refractivity contribution in [3.8, 4) is 0 Å². The van der Waals surface area contributed by atoms with E-state index in [1.54, 1.807) is 0 Å². The Morgan fingerprint density at radius 1 is 0.459 bits per heavy atom. The Labute approximate surface area is 224 Å². The van der Waals surface area contributed by atoms with Gasteiger partial charge in [-0.1, -0.05) is 24.3 Å². The minimum atomic E-state index is 0.606. The summed E-state index contributed by atoms with van der Waals surface area (Å²) in [5, 5.41) is 10.7. The van der Waals surface area contributed by atoms with E-state index in [2.05, 4.69) is 50.0 Å². The van der Waals surface area contributed by atoms with Crippen LogP contribution < -0.4 is 16.0 Å². The van der Waals surface area contributed by atoms with Gasteiger partial charge in [0.15, 0.2) is 0 Å². The minimum Gasteiger partial charge on any atom is -0.378 e. The Balaban J connectivity index is 1.45. The maximum atomic E-state index is 5.78. The van der Waals surface area contributed by atoms with Gasteiger partial charge in [-0.2, -0.15) is 0 Å². The van der Waals surface area contributed by atoms with Crippen LogP contribution in [0.25, 0.3) is 0 Å². The van der Waals surface area contributed by atoms with Crippen LogP contribution in [0.5, 0.6) is 0 Å². The number of ether oxygens (including phenoxy) is 4. The summed E-state index contributed by atoms with van der Waals surface area (Å²) < 4.78 is 22.6. The van der Waals surface area contributed by atoms with Gasteiger partial charge in [0.05, 0.1) is 52.9 Å². The van der Waals surface area contributed by atoms with Gasteiger partial charge in [-0.05, 0) is 50.1 Å². The monoisotopic (exact) mass is 521 g/mol. The van der Waals surface area contributed by atoms with Crippen LogP contribution in [0.4, 0.5) is 0 Å². The topological polar surface area (TPSA) is 79.5 Å². The predicted molar refractivity (Wildman–Crippen MR) is 148 cm³/mol. The first-order valence-electron chi connectivity index (χ1n) is 14.4. The second-order valence-corrected chi connectivity index (χ2v) is 9.78. The molecule has 3 N–H and O–H groups in total. The highest BCUT2D eigenvalue weighted by molar-refractivity contribution is 5.22. The van der Waals surface area contributed by atoms with Crippen LogP contribution >= 0.6 is 0 Å². The van der Waals surface area contributed by atoms with E-state index in [0.717, 1.165) is 78.5 Å². The van der Waals surface area contributed by atoms with Crippen LogP contribution in [0.1, 0.15) is 24.0 Å². The van der Waals surface area contributed by atoms with Gasteiger partial charge in [-0.3, -0.25) is 9.80 Å². The highest BCUT2D eigenvalue weighted by Crippen LogP contribution is 2.11. The highest BCUT2D eigenvalue weighted by atomic mass is 16.6. The van der Waals surface area contributed by atoms with Crippen molar-refractivity contribution in [2.45, 2.75) is 25.9 Å². The maximum Gasteiger partial charge on any atom is 0.0701 e. The molecule has 212 valence electrons. The van der Waals surface area contributed by atoms with E-state index in [4.69, 9.17) is 18.9 Å². The molecule has 3 rings (SSSR count). The molecule has 0 spiro atoms. The van der Waals surface area contributed by atoms with Crippen molar-refractivity contribution in [3.05, 3.63) is 35.4 Å². The van der Waals surface area contributed by atoms with Crippen molar-refractivity contribution in [1.29, 1.82) is 0 Å². The first kappa shape index (κ1) is 30.4. The molecule has 2 fully saturated rings. The molecule has 0 aliphatic carbocycles. The summed E-state index contributed by atoms with van der Waals surface area (Å²) in [4.78, 5) is 4.99. The highest BCUT2D eigenvalue weighted by Gasteiger charge is 2.10. The van der Waals surface area contributed by atoms with Crippen molar-refractivity contribution in [2.75, 3.05) is 118 Å². The fourth-order valence-corrected chi connectivity index (χ4v) is 4.51. The summed E-state index contributed by atoms with van der Waals surface area (Å²) in [5.41, 5.74) is 2.71. The number of hydrogen-bond donors (Lipinski definition) is 3. The van der Waals surface area contributed by atoms with Crippen LogP contribution in [-0.4, -0.2) is 128 Å². The van der Waals surface area contributed by atoms with Gasteiger partial charge in [0.1, 0.15) is 0 Å². The average Bonchev–Trinajstić information content (AvgIpc) is 2.92. The van der Waals surface area contributed by atoms with E-state index in [0.29, 0.717) is 52.9 Å². The predicted octanol–water partition coefficient (Wildman–Crippen LogP) is 0.933. The van der Waals surface area contributed by atoms with Crippen molar-refractivity contribution in [2.24, 2.45) is 0 Å². The number of benzene rings is 1. The number of nitrogens with zero attached hydrogens (tertiary/aromatic N) is 2. The first-order valence-corrected chi connectivity index (χ1v) is 14.4. The summed E-state index contributed by atoms with van der Waals surface area (Å²) >= 11 is 0. The van der Waals surface area contributed by atoms with Crippen LogP contribution in [0.2, 0.25) is 0 Å². The average molecular weight is 522 g/mol. The van der Waals surface area contributed by atoms with Gasteiger partial charge >= 0.3 is 0 Å². The Morgan fingerprint density at radius 2 is 0.892 bits per heavy atom. The van der Waals surface area contributed by atoms with Gasteiger partial charge in [0.25, 0.3) is 0 Å². The zero-order chi connectivity index (χ0) is 25.6. The number of nitrogens with one attached hydrogen (secondary N) is 3. The molecule has 0 unspecified atom stereocenters. The first-order chi connectivity index (χ1) is 18.4. The smallest absolute Gasteiger partial charge is 0.0701 e. The van der Waals surface area contributed by atoms with Gasteiger partial charge < -0.3 is 34.9 Å². The summed E-state index contributed by atoms with van der Waals surface area (Å²) in [7, 11) is 0. The molecule has 0 aromatic heterocycles. The third-order valence-electron chi connectivity index (χ3n) is 6.67. The van der Waals surface area contributed by atoms with Crippen molar-refractivity contribution < 1.29 is 18.9 Å². The molecule has 2 saturated heterocycles. The summed E-state index contributed by atoms with van der Waals surface area (Å²) in [5.74, 6) is 0. The molecule has 2 aliphatic heterocycles. The number of hydrogen-bond acceptors (Lipinski definition) is 9. The van der Waals surface area contributed by atoms with Crippen LogP contribution in [0, 0.1) is 0 Å². The second kappa shape index (κ2) is 20.8. The molecule has 9 nitrogen and oxygen atoms in total. The molecule has 0 amide bonds. The van der Waals surface area contributed by atoms with Gasteiger partial charge in [0, 0.05) is 52.4 Å². The molecular weight excluding hydrogens is 470 g/mol. The quantitative estimate of drug-likeness (QED) is 0.536. The molecular formula is C28H51N5O4. The van der Waals surface area contributed by atoms with Gasteiger partial charge in [0.2, 0.25) is 0 Å². The van der Waals surface area contributed by atoms with E-state index in [1.807, 2.05) is 0 Å². The lowest BCUT2D eigenvalue weighted by atomic mass is 10.1. The Hall–Kier alpha value is -1.14. The molecule has 2 heterocycles. The summed E-state index contributed by atoms with van der Waals surface area (Å²) in [6.45, 7) is 17.3. The van der Waals surface area contributed by atoms with E-state index in [9.17, 15) is 0 Å². The molecule has 0 bridgehead atoms. The summed E-state index contributed by atoms with van der Waals surface area (Å²) in [6, 6.07) is 9.16. The standard InChI is InChI=1S/C28H51N5O4/c1-7-29-10-11-30-9-2-13-32(14-12-31-8-1)25-27-3-5-28(6-4-27)26-33-15-17-34-19-21-36-23-24-37-22-20-35-18-16-33/h3-6,29-31H,1-2,7-26H2. The largest absolute Gasteiger partial charge is 0.378 e.